The molecule has 0 spiro atoms. The Hall–Kier alpha value is -3.29. The van der Waals surface area contributed by atoms with Gasteiger partial charge in [-0.3, -0.25) is 14.9 Å². The molecule has 0 aliphatic heterocycles. The molecule has 1 heterocycles. The van der Waals surface area contributed by atoms with Crippen LogP contribution in [0.15, 0.2) is 78.2 Å². The van der Waals surface area contributed by atoms with Crippen molar-refractivity contribution in [3.05, 3.63) is 94.2 Å². The zero-order chi connectivity index (χ0) is 21.3. The van der Waals surface area contributed by atoms with E-state index in [0.717, 1.165) is 10.4 Å². The van der Waals surface area contributed by atoms with E-state index in [-0.39, 0.29) is 23.0 Å². The number of thiocarbonyl (C=S) groups is 1. The fourth-order valence-corrected chi connectivity index (χ4v) is 3.57. The number of hydrogen-bond acceptors (Lipinski definition) is 4. The molecule has 30 heavy (non-hydrogen) atoms. The summed E-state index contributed by atoms with van der Waals surface area (Å²) >= 11 is 6.77. The number of nitrogens with one attached hydrogen (secondary N) is 3. The lowest BCUT2D eigenvalue weighted by molar-refractivity contribution is -0.115. The summed E-state index contributed by atoms with van der Waals surface area (Å²) in [6, 6.07) is 20.4. The number of anilines is 1. The van der Waals surface area contributed by atoms with E-state index in [4.69, 9.17) is 12.2 Å². The molecule has 5 nitrogen and oxygen atoms in total. The van der Waals surface area contributed by atoms with Crippen molar-refractivity contribution >= 4 is 52.2 Å². The topological polar surface area (TPSA) is 70.2 Å². The summed E-state index contributed by atoms with van der Waals surface area (Å²) in [5, 5.41) is 10.6. The first-order valence-corrected chi connectivity index (χ1v) is 10.6. The summed E-state index contributed by atoms with van der Waals surface area (Å²) in [6.45, 7) is 1.92. The molecule has 1 aromatic heterocycles. The van der Waals surface area contributed by atoms with Crippen LogP contribution in [0.25, 0.3) is 6.08 Å². The minimum absolute atomic E-state index is 0.118. The van der Waals surface area contributed by atoms with E-state index in [2.05, 4.69) is 16.0 Å². The van der Waals surface area contributed by atoms with Crippen LogP contribution in [0.2, 0.25) is 0 Å². The van der Waals surface area contributed by atoms with Crippen molar-refractivity contribution in [3.63, 3.8) is 0 Å². The fourth-order valence-electron chi connectivity index (χ4n) is 2.74. The monoisotopic (exact) mass is 435 g/mol. The average Bonchev–Trinajstić information content (AvgIpc) is 3.27. The summed E-state index contributed by atoms with van der Waals surface area (Å²) in [5.74, 6) is -0.582. The van der Waals surface area contributed by atoms with E-state index in [9.17, 15) is 9.59 Å². The summed E-state index contributed by atoms with van der Waals surface area (Å²) in [7, 11) is 0. The number of amides is 2. The fraction of sp³-hybridized carbons (Fsp3) is 0.0870. The van der Waals surface area contributed by atoms with Crippen LogP contribution < -0.4 is 16.0 Å². The number of carbonyl (C=O) groups is 2. The van der Waals surface area contributed by atoms with Crippen LogP contribution in [0, 0.1) is 0 Å². The number of para-hydroxylation sites is 1. The number of hydrogen-bond donors (Lipinski definition) is 3. The first kappa shape index (κ1) is 21.4. The summed E-state index contributed by atoms with van der Waals surface area (Å²) in [4.78, 5) is 25.8. The van der Waals surface area contributed by atoms with Gasteiger partial charge < -0.3 is 10.6 Å². The molecule has 152 valence electrons. The van der Waals surface area contributed by atoms with Gasteiger partial charge in [0.1, 0.15) is 0 Å². The lowest BCUT2D eigenvalue weighted by Gasteiger charge is -2.17. The molecule has 0 aliphatic rings. The first-order chi connectivity index (χ1) is 14.5. The third-order valence-corrected chi connectivity index (χ3v) is 5.29. The van der Waals surface area contributed by atoms with Crippen LogP contribution >= 0.6 is 23.6 Å². The number of carbonyl (C=O) groups excluding carboxylic acids is 2. The van der Waals surface area contributed by atoms with Gasteiger partial charge in [-0.25, -0.2) is 0 Å². The van der Waals surface area contributed by atoms with E-state index in [0.29, 0.717) is 11.3 Å². The third-order valence-electron chi connectivity index (χ3n) is 4.25. The lowest BCUT2D eigenvalue weighted by Crippen LogP contribution is -2.34. The first-order valence-electron chi connectivity index (χ1n) is 9.31. The Morgan fingerprint density at radius 2 is 1.73 bits per heavy atom. The van der Waals surface area contributed by atoms with Gasteiger partial charge in [-0.15, -0.1) is 11.3 Å². The molecule has 2 aromatic carbocycles. The molecule has 0 bridgehead atoms. The van der Waals surface area contributed by atoms with Gasteiger partial charge in [-0.1, -0.05) is 48.5 Å². The second kappa shape index (κ2) is 10.5. The number of benzene rings is 2. The highest BCUT2D eigenvalue weighted by molar-refractivity contribution is 7.80. The molecule has 0 saturated carbocycles. The molecule has 3 aromatic rings. The van der Waals surface area contributed by atoms with Crippen LogP contribution in [0.3, 0.4) is 0 Å². The molecule has 3 N–H and O–H groups in total. The van der Waals surface area contributed by atoms with Crippen LogP contribution in [-0.4, -0.2) is 16.9 Å². The molecular weight excluding hydrogens is 414 g/mol. The van der Waals surface area contributed by atoms with Crippen LogP contribution in [-0.2, 0) is 4.79 Å². The predicted molar refractivity (Wildman–Crippen MR) is 126 cm³/mol. The molecule has 0 aliphatic carbocycles. The molecule has 1 atom stereocenters. The van der Waals surface area contributed by atoms with Crippen LogP contribution in [0.5, 0.6) is 0 Å². The molecule has 7 heteroatoms. The smallest absolute Gasteiger partial charge is 0.253 e. The zero-order valence-electron chi connectivity index (χ0n) is 16.3. The Kier molecular flexibility index (Phi) is 7.48. The Morgan fingerprint density at radius 1 is 1.00 bits per heavy atom. The Balaban J connectivity index is 1.62. The van der Waals surface area contributed by atoms with Crippen molar-refractivity contribution in [2.75, 3.05) is 5.32 Å². The zero-order valence-corrected chi connectivity index (χ0v) is 17.9. The van der Waals surface area contributed by atoms with Crippen molar-refractivity contribution < 1.29 is 9.59 Å². The van der Waals surface area contributed by atoms with Gasteiger partial charge >= 0.3 is 0 Å². The lowest BCUT2D eigenvalue weighted by atomic mass is 10.1. The van der Waals surface area contributed by atoms with E-state index in [1.165, 1.54) is 17.4 Å². The quantitative estimate of drug-likeness (QED) is 0.385. The van der Waals surface area contributed by atoms with E-state index >= 15 is 0 Å². The number of thiophene rings is 1. The molecule has 0 saturated heterocycles. The van der Waals surface area contributed by atoms with Gasteiger partial charge in [0.2, 0.25) is 5.91 Å². The second-order valence-electron chi connectivity index (χ2n) is 6.44. The maximum atomic E-state index is 12.8. The van der Waals surface area contributed by atoms with Gasteiger partial charge in [0.05, 0.1) is 17.3 Å². The normalized spacial score (nSPS) is 11.6. The van der Waals surface area contributed by atoms with Crippen LogP contribution in [0.4, 0.5) is 5.69 Å². The predicted octanol–water partition coefficient (Wildman–Crippen LogP) is 4.77. The highest BCUT2D eigenvalue weighted by Gasteiger charge is 2.15. The highest BCUT2D eigenvalue weighted by atomic mass is 32.1. The van der Waals surface area contributed by atoms with Gasteiger partial charge in [0.25, 0.3) is 5.91 Å². The third kappa shape index (κ3) is 6.10. The van der Waals surface area contributed by atoms with Crippen molar-refractivity contribution in [3.8, 4) is 0 Å². The maximum Gasteiger partial charge on any atom is 0.253 e. The Bertz CT molecular complexity index is 1050. The Morgan fingerprint density at radius 3 is 2.47 bits per heavy atom. The molecule has 0 fully saturated rings. The van der Waals surface area contributed by atoms with Crippen molar-refractivity contribution in [1.82, 2.24) is 10.6 Å². The van der Waals surface area contributed by atoms with E-state index in [1.807, 2.05) is 54.8 Å². The molecule has 0 radical (unpaired) electrons. The minimum atomic E-state index is -0.347. The van der Waals surface area contributed by atoms with Crippen molar-refractivity contribution in [2.45, 2.75) is 13.0 Å². The van der Waals surface area contributed by atoms with Crippen LogP contribution in [0.1, 0.15) is 33.8 Å². The summed E-state index contributed by atoms with van der Waals surface area (Å²) in [5.41, 5.74) is 1.96. The van der Waals surface area contributed by atoms with Crippen molar-refractivity contribution in [2.24, 2.45) is 0 Å². The standard InChI is InChI=1S/C23H21N3O2S2/c1-16(17-8-3-2-4-9-17)24-22(28)19-11-5-6-12-20(19)25-23(29)26-21(27)14-13-18-10-7-15-30-18/h2-16H,1H3,(H,24,28)(H2,25,26,27,29). The minimum Gasteiger partial charge on any atom is -0.345 e. The van der Waals surface area contributed by atoms with Gasteiger partial charge in [0.15, 0.2) is 5.11 Å². The maximum absolute atomic E-state index is 12.8. The number of rotatable bonds is 6. The molecule has 2 amide bonds. The average molecular weight is 436 g/mol. The molecule has 1 unspecified atom stereocenters. The van der Waals surface area contributed by atoms with E-state index < -0.39 is 0 Å². The summed E-state index contributed by atoms with van der Waals surface area (Å²) < 4.78 is 0. The van der Waals surface area contributed by atoms with E-state index in [1.54, 1.807) is 30.3 Å². The second-order valence-corrected chi connectivity index (χ2v) is 7.83. The van der Waals surface area contributed by atoms with Crippen molar-refractivity contribution in [1.29, 1.82) is 0 Å². The molecular formula is C23H21N3O2S2. The van der Waals surface area contributed by atoms with Gasteiger partial charge in [0, 0.05) is 11.0 Å². The van der Waals surface area contributed by atoms with Gasteiger partial charge in [-0.2, -0.15) is 0 Å². The largest absolute Gasteiger partial charge is 0.345 e. The van der Waals surface area contributed by atoms with Gasteiger partial charge in [-0.05, 0) is 54.4 Å². The molecule has 3 rings (SSSR count). The Labute approximate surface area is 184 Å². The SMILES string of the molecule is CC(NC(=O)c1ccccc1NC(=S)NC(=O)C=Cc1cccs1)c1ccccc1. The summed E-state index contributed by atoms with van der Waals surface area (Å²) in [6.07, 6.45) is 3.13. The highest BCUT2D eigenvalue weighted by Crippen LogP contribution is 2.18.